The summed E-state index contributed by atoms with van der Waals surface area (Å²) in [5.74, 6) is -1.31. The Bertz CT molecular complexity index is 405. The van der Waals surface area contributed by atoms with E-state index in [-0.39, 0.29) is 11.3 Å². The van der Waals surface area contributed by atoms with Gasteiger partial charge in [-0.15, -0.1) is 0 Å². The maximum atomic E-state index is 11.3. The fourth-order valence-electron chi connectivity index (χ4n) is 0.964. The van der Waals surface area contributed by atoms with Gasteiger partial charge in [0.25, 0.3) is 0 Å². The third kappa shape index (κ3) is 2.53. The molecule has 1 aromatic rings. The maximum absolute atomic E-state index is 11.3. The Morgan fingerprint density at radius 2 is 1.87 bits per heavy atom. The van der Waals surface area contributed by atoms with E-state index in [0.717, 1.165) is 0 Å². The summed E-state index contributed by atoms with van der Waals surface area (Å²) >= 11 is 3.14. The Hall–Kier alpha value is -1.43. The molecule has 0 atom stereocenters. The van der Waals surface area contributed by atoms with E-state index in [4.69, 9.17) is 0 Å². The van der Waals surface area contributed by atoms with Crippen molar-refractivity contribution in [2.45, 2.75) is 0 Å². The summed E-state index contributed by atoms with van der Waals surface area (Å²) in [6.07, 6.45) is 1.40. The molecule has 1 rings (SSSR count). The molecule has 0 saturated carbocycles. The van der Waals surface area contributed by atoms with Gasteiger partial charge in [0, 0.05) is 10.7 Å². The zero-order chi connectivity index (χ0) is 11.4. The van der Waals surface area contributed by atoms with Crippen LogP contribution < -0.4 is 0 Å². The van der Waals surface area contributed by atoms with Crippen LogP contribution >= 0.6 is 15.9 Å². The summed E-state index contributed by atoms with van der Waals surface area (Å²) in [4.78, 5) is 26.4. The molecule has 1 heterocycles. The molecule has 0 aliphatic rings. The molecule has 5 nitrogen and oxygen atoms in total. The van der Waals surface area contributed by atoms with Crippen LogP contribution in [-0.4, -0.2) is 31.1 Å². The first-order valence-electron chi connectivity index (χ1n) is 3.92. The number of rotatable bonds is 2. The predicted octanol–water partition coefficient (Wildman–Crippen LogP) is 1.42. The molecule has 80 valence electrons. The minimum Gasteiger partial charge on any atom is -0.465 e. The molecule has 0 aromatic carbocycles. The van der Waals surface area contributed by atoms with Crippen molar-refractivity contribution in [1.29, 1.82) is 0 Å². The average molecular weight is 274 g/mol. The van der Waals surface area contributed by atoms with E-state index in [9.17, 15) is 9.59 Å². The van der Waals surface area contributed by atoms with Crippen molar-refractivity contribution in [1.82, 2.24) is 4.98 Å². The zero-order valence-corrected chi connectivity index (χ0v) is 9.70. The highest BCUT2D eigenvalue weighted by Gasteiger charge is 2.20. The van der Waals surface area contributed by atoms with E-state index in [1.54, 1.807) is 0 Å². The number of carbonyl (C=O) groups excluding carboxylic acids is 2. The van der Waals surface area contributed by atoms with Crippen LogP contribution in [0.1, 0.15) is 20.8 Å². The van der Waals surface area contributed by atoms with E-state index in [2.05, 4.69) is 30.4 Å². The molecule has 0 aliphatic heterocycles. The molecule has 0 amide bonds. The number of esters is 2. The van der Waals surface area contributed by atoms with Crippen LogP contribution in [0.3, 0.4) is 0 Å². The number of aromatic nitrogens is 1. The highest BCUT2D eigenvalue weighted by atomic mass is 79.9. The van der Waals surface area contributed by atoms with Crippen LogP contribution in [0.5, 0.6) is 0 Å². The van der Waals surface area contributed by atoms with Gasteiger partial charge in [-0.2, -0.15) is 0 Å². The lowest BCUT2D eigenvalue weighted by molar-refractivity contribution is 0.0549. The summed E-state index contributed by atoms with van der Waals surface area (Å²) in [6, 6.07) is 1.45. The van der Waals surface area contributed by atoms with Crippen molar-refractivity contribution in [2.75, 3.05) is 14.2 Å². The lowest BCUT2D eigenvalue weighted by Crippen LogP contribution is -2.13. The first-order chi connectivity index (χ1) is 7.10. The number of carbonyl (C=O) groups is 2. The third-order valence-electron chi connectivity index (χ3n) is 1.64. The second-order valence-electron chi connectivity index (χ2n) is 2.53. The van der Waals surface area contributed by atoms with Gasteiger partial charge >= 0.3 is 11.9 Å². The van der Waals surface area contributed by atoms with Gasteiger partial charge in [0.15, 0.2) is 5.69 Å². The number of hydrogen-bond acceptors (Lipinski definition) is 5. The summed E-state index contributed by atoms with van der Waals surface area (Å²) in [5.41, 5.74) is 0.00581. The van der Waals surface area contributed by atoms with Crippen molar-refractivity contribution in [3.8, 4) is 0 Å². The van der Waals surface area contributed by atoms with E-state index in [0.29, 0.717) is 4.47 Å². The van der Waals surface area contributed by atoms with Gasteiger partial charge in [-0.3, -0.25) is 0 Å². The number of hydrogen-bond donors (Lipinski definition) is 0. The molecule has 6 heteroatoms. The van der Waals surface area contributed by atoms with Crippen molar-refractivity contribution >= 4 is 27.9 Å². The maximum Gasteiger partial charge on any atom is 0.357 e. The summed E-state index contributed by atoms with van der Waals surface area (Å²) in [5, 5.41) is 0. The van der Waals surface area contributed by atoms with Crippen LogP contribution in [-0.2, 0) is 9.47 Å². The van der Waals surface area contributed by atoms with Crippen molar-refractivity contribution < 1.29 is 19.1 Å². The minimum absolute atomic E-state index is 0.0625. The molecule has 0 spiro atoms. The topological polar surface area (TPSA) is 65.5 Å². The molecular weight excluding hydrogens is 266 g/mol. The Morgan fingerprint density at radius 3 is 2.40 bits per heavy atom. The molecule has 0 bridgehead atoms. The summed E-state index contributed by atoms with van der Waals surface area (Å²) in [6.45, 7) is 0. The lowest BCUT2D eigenvalue weighted by atomic mass is 10.2. The van der Waals surface area contributed by atoms with Gasteiger partial charge in [-0.05, 0) is 22.0 Å². The van der Waals surface area contributed by atoms with Gasteiger partial charge in [-0.25, -0.2) is 14.6 Å². The van der Waals surface area contributed by atoms with E-state index in [1.165, 1.54) is 26.5 Å². The molecule has 15 heavy (non-hydrogen) atoms. The van der Waals surface area contributed by atoms with Gasteiger partial charge in [0.05, 0.1) is 19.8 Å². The Kier molecular flexibility index (Phi) is 3.79. The van der Waals surface area contributed by atoms with Gasteiger partial charge < -0.3 is 9.47 Å². The van der Waals surface area contributed by atoms with E-state index in [1.807, 2.05) is 0 Å². The number of halogens is 1. The monoisotopic (exact) mass is 273 g/mol. The molecule has 0 aliphatic carbocycles. The number of methoxy groups -OCH3 is 2. The first-order valence-corrected chi connectivity index (χ1v) is 4.71. The average Bonchev–Trinajstić information content (AvgIpc) is 2.26. The van der Waals surface area contributed by atoms with Crippen molar-refractivity contribution in [3.05, 3.63) is 28.0 Å². The van der Waals surface area contributed by atoms with Gasteiger partial charge in [0.2, 0.25) is 0 Å². The number of nitrogens with zero attached hydrogens (tertiary/aromatic N) is 1. The van der Waals surface area contributed by atoms with Crippen LogP contribution in [0, 0.1) is 0 Å². The van der Waals surface area contributed by atoms with E-state index < -0.39 is 11.9 Å². The highest BCUT2D eigenvalue weighted by Crippen LogP contribution is 2.15. The van der Waals surface area contributed by atoms with Crippen LogP contribution in [0.2, 0.25) is 0 Å². The third-order valence-corrected chi connectivity index (χ3v) is 2.07. The second-order valence-corrected chi connectivity index (χ2v) is 3.45. The Balaban J connectivity index is 3.26. The fourth-order valence-corrected chi connectivity index (χ4v) is 1.30. The predicted molar refractivity (Wildman–Crippen MR) is 54.6 cm³/mol. The van der Waals surface area contributed by atoms with Crippen LogP contribution in [0.25, 0.3) is 0 Å². The smallest absolute Gasteiger partial charge is 0.357 e. The zero-order valence-electron chi connectivity index (χ0n) is 8.11. The van der Waals surface area contributed by atoms with Gasteiger partial charge in [-0.1, -0.05) is 0 Å². The Morgan fingerprint density at radius 1 is 1.27 bits per heavy atom. The SMILES string of the molecule is COC(=O)c1cc(Br)cnc1C(=O)OC. The number of pyridine rings is 1. The largest absolute Gasteiger partial charge is 0.465 e. The molecule has 0 unspecified atom stereocenters. The normalized spacial score (nSPS) is 9.53. The van der Waals surface area contributed by atoms with Crippen molar-refractivity contribution in [3.63, 3.8) is 0 Å². The molecule has 0 saturated heterocycles. The highest BCUT2D eigenvalue weighted by molar-refractivity contribution is 9.10. The Labute approximate surface area is 94.5 Å². The molecular formula is C9H8BrNO4. The molecule has 0 fully saturated rings. The fraction of sp³-hybridized carbons (Fsp3) is 0.222. The first kappa shape index (κ1) is 11.6. The summed E-state index contributed by atoms with van der Waals surface area (Å²) in [7, 11) is 2.44. The standard InChI is InChI=1S/C9H8BrNO4/c1-14-8(12)6-3-5(10)4-11-7(6)9(13)15-2/h3-4H,1-2H3. The lowest BCUT2D eigenvalue weighted by Gasteiger charge is -2.05. The van der Waals surface area contributed by atoms with E-state index >= 15 is 0 Å². The van der Waals surface area contributed by atoms with Crippen LogP contribution in [0.15, 0.2) is 16.7 Å². The quantitative estimate of drug-likeness (QED) is 0.763. The molecule has 0 radical (unpaired) electrons. The van der Waals surface area contributed by atoms with Gasteiger partial charge in [0.1, 0.15) is 0 Å². The number of ether oxygens (including phenoxy) is 2. The van der Waals surface area contributed by atoms with Crippen molar-refractivity contribution in [2.24, 2.45) is 0 Å². The molecule has 0 N–H and O–H groups in total. The van der Waals surface area contributed by atoms with Crippen LogP contribution in [0.4, 0.5) is 0 Å². The molecule has 1 aromatic heterocycles. The minimum atomic E-state index is -0.678. The second kappa shape index (κ2) is 4.88. The summed E-state index contributed by atoms with van der Waals surface area (Å²) < 4.78 is 9.59.